The first-order valence-electron chi connectivity index (χ1n) is 5.63. The molecule has 0 aliphatic carbocycles. The number of carbonyl (C=O) groups excluding carboxylic acids is 1. The molecule has 2 atom stereocenters. The molecule has 15 heavy (non-hydrogen) atoms. The number of hydrogen-bond acceptors (Lipinski definition) is 3. The molecule has 0 aromatic rings. The molecule has 4 heteroatoms. The van der Waals surface area contributed by atoms with Crippen molar-refractivity contribution in [2.75, 3.05) is 6.54 Å². The van der Waals surface area contributed by atoms with Crippen molar-refractivity contribution in [1.82, 2.24) is 5.32 Å². The van der Waals surface area contributed by atoms with E-state index in [1.165, 1.54) is 0 Å². The van der Waals surface area contributed by atoms with Gasteiger partial charge in [-0.1, -0.05) is 20.8 Å². The van der Waals surface area contributed by atoms with E-state index in [-0.39, 0.29) is 17.2 Å². The fraction of sp³-hybridized carbons (Fsp3) is 0.909. The van der Waals surface area contributed by atoms with Crippen molar-refractivity contribution in [3.05, 3.63) is 0 Å². The lowest BCUT2D eigenvalue weighted by Gasteiger charge is -2.38. The molecular formula is C11H23NO2Si. The monoisotopic (exact) mass is 229 g/mol. The zero-order chi connectivity index (χ0) is 11.7. The van der Waals surface area contributed by atoms with Crippen LogP contribution in [0.5, 0.6) is 0 Å². The van der Waals surface area contributed by atoms with Crippen LogP contribution in [-0.2, 0) is 9.22 Å². The second-order valence-corrected chi connectivity index (χ2v) is 10.6. The Kier molecular flexibility index (Phi) is 3.74. The molecule has 1 aliphatic rings. The molecule has 88 valence electrons. The summed E-state index contributed by atoms with van der Waals surface area (Å²) in [5, 5.41) is 3.40. The van der Waals surface area contributed by atoms with Crippen LogP contribution in [0, 0.1) is 0 Å². The van der Waals surface area contributed by atoms with Crippen LogP contribution in [0.25, 0.3) is 0 Å². The molecule has 1 rings (SSSR count). The van der Waals surface area contributed by atoms with E-state index in [9.17, 15) is 4.79 Å². The maximum absolute atomic E-state index is 10.6. The van der Waals surface area contributed by atoms with Gasteiger partial charge in [0.15, 0.2) is 8.32 Å². The summed E-state index contributed by atoms with van der Waals surface area (Å²) in [5.74, 6) is 0. The van der Waals surface area contributed by atoms with Crippen molar-refractivity contribution < 1.29 is 9.22 Å². The van der Waals surface area contributed by atoms with Gasteiger partial charge >= 0.3 is 0 Å². The second-order valence-electron chi connectivity index (χ2n) is 5.89. The van der Waals surface area contributed by atoms with Gasteiger partial charge in [0.1, 0.15) is 6.29 Å². The molecule has 0 bridgehead atoms. The Morgan fingerprint density at radius 2 is 2.00 bits per heavy atom. The van der Waals surface area contributed by atoms with Crippen LogP contribution in [0.2, 0.25) is 18.1 Å². The Morgan fingerprint density at radius 1 is 1.40 bits per heavy atom. The minimum atomic E-state index is -1.67. The maximum atomic E-state index is 10.6. The zero-order valence-corrected chi connectivity index (χ0v) is 11.5. The van der Waals surface area contributed by atoms with E-state index >= 15 is 0 Å². The third-order valence-corrected chi connectivity index (χ3v) is 8.09. The first-order chi connectivity index (χ1) is 6.76. The molecule has 1 aliphatic heterocycles. The first-order valence-corrected chi connectivity index (χ1v) is 8.53. The molecule has 0 unspecified atom stereocenters. The quantitative estimate of drug-likeness (QED) is 0.594. The van der Waals surface area contributed by atoms with Crippen molar-refractivity contribution in [3.63, 3.8) is 0 Å². The predicted octanol–water partition coefficient (Wildman–Crippen LogP) is 1.94. The van der Waals surface area contributed by atoms with Gasteiger partial charge in [0, 0.05) is 6.54 Å². The molecule has 0 amide bonds. The van der Waals surface area contributed by atoms with Gasteiger partial charge in [-0.15, -0.1) is 0 Å². The fourth-order valence-electron chi connectivity index (χ4n) is 1.52. The number of rotatable bonds is 3. The summed E-state index contributed by atoms with van der Waals surface area (Å²) in [4.78, 5) is 10.6. The van der Waals surface area contributed by atoms with Crippen LogP contribution in [0.15, 0.2) is 0 Å². The summed E-state index contributed by atoms with van der Waals surface area (Å²) in [6.07, 6.45) is 2.03. The van der Waals surface area contributed by atoms with Crippen LogP contribution in [0.1, 0.15) is 27.2 Å². The minimum absolute atomic E-state index is 0.000214. The molecule has 1 saturated heterocycles. The fourth-order valence-corrected chi connectivity index (χ4v) is 2.89. The highest BCUT2D eigenvalue weighted by Gasteiger charge is 2.40. The van der Waals surface area contributed by atoms with E-state index in [4.69, 9.17) is 4.43 Å². The average molecular weight is 229 g/mol. The number of hydrogen-bond donors (Lipinski definition) is 1. The van der Waals surface area contributed by atoms with Crippen molar-refractivity contribution in [2.24, 2.45) is 0 Å². The van der Waals surface area contributed by atoms with E-state index in [0.717, 1.165) is 19.3 Å². The van der Waals surface area contributed by atoms with Crippen molar-refractivity contribution in [3.8, 4) is 0 Å². The predicted molar refractivity (Wildman–Crippen MR) is 64.5 cm³/mol. The summed E-state index contributed by atoms with van der Waals surface area (Å²) >= 11 is 0. The van der Waals surface area contributed by atoms with Gasteiger partial charge in [-0.05, 0) is 24.6 Å². The molecule has 0 aromatic heterocycles. The van der Waals surface area contributed by atoms with Crippen molar-refractivity contribution in [2.45, 2.75) is 57.5 Å². The Labute approximate surface area is 93.7 Å². The van der Waals surface area contributed by atoms with Crippen molar-refractivity contribution >= 4 is 14.6 Å². The lowest BCUT2D eigenvalue weighted by molar-refractivity contribution is -0.109. The molecule has 1 fully saturated rings. The van der Waals surface area contributed by atoms with E-state index in [1.807, 2.05) is 0 Å². The third kappa shape index (κ3) is 3.13. The van der Waals surface area contributed by atoms with E-state index in [1.54, 1.807) is 0 Å². The highest BCUT2D eigenvalue weighted by Crippen LogP contribution is 2.37. The Morgan fingerprint density at radius 3 is 2.40 bits per heavy atom. The highest BCUT2D eigenvalue weighted by molar-refractivity contribution is 6.74. The molecule has 0 aromatic carbocycles. The molecule has 3 nitrogen and oxygen atoms in total. The minimum Gasteiger partial charge on any atom is -0.413 e. The van der Waals surface area contributed by atoms with Gasteiger partial charge < -0.3 is 14.5 Å². The standard InChI is InChI=1S/C11H23NO2Si/c1-11(2,3)15(4,5)14-10-6-9(8-13)12-7-10/h8-10,12H,6-7H2,1-5H3/t9-,10+/m1/s1. The van der Waals surface area contributed by atoms with Crippen LogP contribution in [-0.4, -0.2) is 33.3 Å². The molecule has 1 heterocycles. The molecular weight excluding hydrogens is 206 g/mol. The molecule has 0 radical (unpaired) electrons. The SMILES string of the molecule is CC(C)(C)[Si](C)(C)O[C@@H]1CN[C@@H](C=O)C1. The molecule has 0 spiro atoms. The lowest BCUT2D eigenvalue weighted by atomic mass is 10.2. The van der Waals surface area contributed by atoms with Gasteiger partial charge in [-0.25, -0.2) is 0 Å². The van der Waals surface area contributed by atoms with Gasteiger partial charge in [0.05, 0.1) is 12.1 Å². The summed E-state index contributed by atoms with van der Waals surface area (Å²) in [5.41, 5.74) is 0. The zero-order valence-electron chi connectivity index (χ0n) is 10.5. The van der Waals surface area contributed by atoms with Crippen LogP contribution in [0.4, 0.5) is 0 Å². The van der Waals surface area contributed by atoms with Crippen LogP contribution < -0.4 is 5.32 Å². The Balaban J connectivity index is 2.52. The summed E-state index contributed by atoms with van der Waals surface area (Å²) in [7, 11) is -1.67. The normalized spacial score (nSPS) is 28.1. The second kappa shape index (κ2) is 4.35. The van der Waals surface area contributed by atoms with Gasteiger partial charge in [-0.2, -0.15) is 0 Å². The Bertz CT molecular complexity index is 235. The summed E-state index contributed by atoms with van der Waals surface area (Å²) < 4.78 is 6.21. The van der Waals surface area contributed by atoms with Gasteiger partial charge in [0.25, 0.3) is 0 Å². The summed E-state index contributed by atoms with van der Waals surface area (Å²) in [6, 6.07) is -0.000214. The van der Waals surface area contributed by atoms with E-state index in [0.29, 0.717) is 0 Å². The number of nitrogens with one attached hydrogen (secondary N) is 1. The molecule has 1 N–H and O–H groups in total. The Hall–Kier alpha value is -0.193. The smallest absolute Gasteiger partial charge is 0.192 e. The average Bonchev–Trinajstić information content (AvgIpc) is 2.49. The van der Waals surface area contributed by atoms with Crippen LogP contribution in [0.3, 0.4) is 0 Å². The lowest BCUT2D eigenvalue weighted by Crippen LogP contribution is -2.44. The number of carbonyl (C=O) groups is 1. The third-order valence-electron chi connectivity index (χ3n) is 3.56. The topological polar surface area (TPSA) is 38.3 Å². The van der Waals surface area contributed by atoms with E-state index in [2.05, 4.69) is 39.2 Å². The first kappa shape index (κ1) is 12.9. The van der Waals surface area contributed by atoms with Crippen LogP contribution >= 0.6 is 0 Å². The van der Waals surface area contributed by atoms with Gasteiger partial charge in [-0.3, -0.25) is 0 Å². The van der Waals surface area contributed by atoms with Gasteiger partial charge in [0.2, 0.25) is 0 Å². The highest BCUT2D eigenvalue weighted by atomic mass is 28.4. The van der Waals surface area contributed by atoms with Crippen molar-refractivity contribution in [1.29, 1.82) is 0 Å². The maximum Gasteiger partial charge on any atom is 0.192 e. The summed E-state index contributed by atoms with van der Waals surface area (Å²) in [6.45, 7) is 12.0. The molecule has 0 saturated carbocycles. The largest absolute Gasteiger partial charge is 0.413 e. The van der Waals surface area contributed by atoms with E-state index < -0.39 is 8.32 Å². The number of aldehydes is 1.